The number of benzene rings is 1. The van der Waals surface area contributed by atoms with Crippen molar-refractivity contribution in [2.45, 2.75) is 24.1 Å². The van der Waals surface area contributed by atoms with Crippen molar-refractivity contribution in [1.82, 2.24) is 14.9 Å². The fourth-order valence-corrected chi connectivity index (χ4v) is 5.42. The molecule has 5 rings (SSSR count). The number of H-pyrrole nitrogens is 1. The Balaban J connectivity index is 1.56. The van der Waals surface area contributed by atoms with Gasteiger partial charge in [-0.05, 0) is 72.2 Å². The second kappa shape index (κ2) is 7.81. The molecule has 0 amide bonds. The van der Waals surface area contributed by atoms with Crippen LogP contribution in [0.5, 0.6) is 0 Å². The number of thioether (sulfide) groups is 1. The molecule has 2 atom stereocenters. The van der Waals surface area contributed by atoms with Crippen LogP contribution in [0.15, 0.2) is 61.1 Å². The molecule has 148 valence electrons. The van der Waals surface area contributed by atoms with E-state index in [1.165, 1.54) is 41.8 Å². The Morgan fingerprint density at radius 3 is 2.66 bits per heavy atom. The average molecular weight is 406 g/mol. The number of hydrogen-bond donors (Lipinski definition) is 1. The molecule has 0 bridgehead atoms. The number of pyridine rings is 1. The normalized spacial score (nSPS) is 21.8. The molecule has 29 heavy (non-hydrogen) atoms. The fourth-order valence-electron chi connectivity index (χ4n) is 4.67. The largest absolute Gasteiger partial charge is 0.360 e. The van der Waals surface area contributed by atoms with Crippen molar-refractivity contribution in [3.63, 3.8) is 0 Å². The van der Waals surface area contributed by atoms with Gasteiger partial charge in [0.25, 0.3) is 0 Å². The molecule has 3 nitrogen and oxygen atoms in total. The molecular formula is C24H24FN3S. The molecular weight excluding hydrogens is 381 g/mol. The van der Waals surface area contributed by atoms with Crippen LogP contribution in [0.2, 0.25) is 0 Å². The summed E-state index contributed by atoms with van der Waals surface area (Å²) in [7, 11) is 0. The van der Waals surface area contributed by atoms with Crippen molar-refractivity contribution in [3.05, 3.63) is 72.4 Å². The molecule has 0 saturated carbocycles. The van der Waals surface area contributed by atoms with Gasteiger partial charge < -0.3 is 4.98 Å². The Labute approximate surface area is 175 Å². The molecule has 5 heteroatoms. The van der Waals surface area contributed by atoms with Gasteiger partial charge >= 0.3 is 0 Å². The Bertz CT molecular complexity index is 1030. The van der Waals surface area contributed by atoms with Crippen LogP contribution < -0.4 is 0 Å². The lowest BCUT2D eigenvalue weighted by Crippen LogP contribution is -2.33. The highest BCUT2D eigenvalue weighted by Crippen LogP contribution is 2.42. The summed E-state index contributed by atoms with van der Waals surface area (Å²) in [6, 6.07) is 11.4. The number of aromatic nitrogens is 2. The number of hydrogen-bond acceptors (Lipinski definition) is 3. The summed E-state index contributed by atoms with van der Waals surface area (Å²) >= 11 is 1.99. The van der Waals surface area contributed by atoms with Gasteiger partial charge in [0.05, 0.1) is 5.69 Å². The van der Waals surface area contributed by atoms with Crippen molar-refractivity contribution in [2.24, 2.45) is 0 Å². The summed E-state index contributed by atoms with van der Waals surface area (Å²) in [6.45, 7) is 2.21. The number of nitrogens with zero attached hydrogens (tertiary/aromatic N) is 2. The highest BCUT2D eigenvalue weighted by Gasteiger charge is 2.34. The molecule has 2 aliphatic heterocycles. The average Bonchev–Trinajstić information content (AvgIpc) is 3.38. The van der Waals surface area contributed by atoms with Crippen LogP contribution in [0.25, 0.3) is 28.0 Å². The minimum atomic E-state index is -0.217. The van der Waals surface area contributed by atoms with Crippen LogP contribution in [0.1, 0.15) is 18.4 Å². The maximum Gasteiger partial charge on any atom is 0.123 e. The van der Waals surface area contributed by atoms with Gasteiger partial charge in [-0.25, -0.2) is 4.39 Å². The molecule has 2 aromatic heterocycles. The minimum absolute atomic E-state index is 0.217. The predicted octanol–water partition coefficient (Wildman–Crippen LogP) is 5.48. The van der Waals surface area contributed by atoms with E-state index in [0.717, 1.165) is 35.0 Å². The van der Waals surface area contributed by atoms with Crippen molar-refractivity contribution in [2.75, 3.05) is 19.3 Å². The summed E-state index contributed by atoms with van der Waals surface area (Å²) in [6.07, 6.45) is 12.7. The van der Waals surface area contributed by atoms with E-state index in [1.54, 1.807) is 0 Å². The fraction of sp³-hybridized carbons (Fsp3) is 0.292. The zero-order valence-corrected chi connectivity index (χ0v) is 17.3. The van der Waals surface area contributed by atoms with Crippen LogP contribution in [0, 0.1) is 5.82 Å². The molecule has 1 N–H and O–H groups in total. The zero-order valence-electron chi connectivity index (χ0n) is 16.4. The number of fused-ring (bicyclic) bond motifs is 1. The van der Waals surface area contributed by atoms with E-state index in [1.807, 2.05) is 36.3 Å². The van der Waals surface area contributed by atoms with E-state index in [0.29, 0.717) is 6.04 Å². The van der Waals surface area contributed by atoms with E-state index in [2.05, 4.69) is 45.5 Å². The van der Waals surface area contributed by atoms with Crippen LogP contribution >= 0.6 is 11.8 Å². The van der Waals surface area contributed by atoms with Crippen LogP contribution in [-0.4, -0.2) is 45.5 Å². The lowest BCUT2D eigenvalue weighted by atomic mass is 9.89. The van der Waals surface area contributed by atoms with Gasteiger partial charge in [0.1, 0.15) is 5.82 Å². The Hall–Kier alpha value is -2.37. The smallest absolute Gasteiger partial charge is 0.123 e. The van der Waals surface area contributed by atoms with Gasteiger partial charge in [0.2, 0.25) is 0 Å². The molecule has 4 heterocycles. The maximum absolute atomic E-state index is 13.5. The molecule has 1 aromatic carbocycles. The molecule has 2 aliphatic rings. The maximum atomic E-state index is 13.5. The van der Waals surface area contributed by atoms with Crippen molar-refractivity contribution in [3.8, 4) is 22.4 Å². The third-order valence-corrected chi connectivity index (χ3v) is 7.19. The number of aromatic amines is 1. The SMILES string of the molecule is CSC1CC2CC(c3c[nH]c(-c4ccc(F)cc4)c3-c3ccncc3)=CCN2C1. The standard InChI is InChI=1S/C24H24FN3S/c1-29-21-13-20-12-18(8-11-28(20)15-21)22-14-27-24(17-2-4-19(25)5-3-17)23(22)16-6-9-26-10-7-16/h2-10,14,20-21,27H,11-13,15H2,1H3. The second-order valence-corrected chi connectivity index (χ2v) is 8.97. The monoisotopic (exact) mass is 405 g/mol. The molecule has 1 saturated heterocycles. The summed E-state index contributed by atoms with van der Waals surface area (Å²) in [5.74, 6) is -0.217. The van der Waals surface area contributed by atoms with Gasteiger partial charge in [-0.15, -0.1) is 0 Å². The van der Waals surface area contributed by atoms with E-state index < -0.39 is 0 Å². The Morgan fingerprint density at radius 1 is 1.10 bits per heavy atom. The Morgan fingerprint density at radius 2 is 1.90 bits per heavy atom. The van der Waals surface area contributed by atoms with Gasteiger partial charge in [0, 0.05) is 54.1 Å². The lowest BCUT2D eigenvalue weighted by Gasteiger charge is -2.29. The van der Waals surface area contributed by atoms with E-state index in [-0.39, 0.29) is 5.82 Å². The number of nitrogens with one attached hydrogen (secondary N) is 1. The lowest BCUT2D eigenvalue weighted by molar-refractivity contribution is 0.275. The van der Waals surface area contributed by atoms with E-state index in [9.17, 15) is 4.39 Å². The van der Waals surface area contributed by atoms with E-state index in [4.69, 9.17) is 0 Å². The summed E-state index contributed by atoms with van der Waals surface area (Å²) in [5.41, 5.74) is 6.99. The molecule has 0 spiro atoms. The molecule has 0 radical (unpaired) electrons. The quantitative estimate of drug-likeness (QED) is 0.624. The summed E-state index contributed by atoms with van der Waals surface area (Å²) < 4.78 is 13.5. The van der Waals surface area contributed by atoms with Crippen LogP contribution in [-0.2, 0) is 0 Å². The minimum Gasteiger partial charge on any atom is -0.360 e. The molecule has 3 aromatic rings. The summed E-state index contributed by atoms with van der Waals surface area (Å²) in [4.78, 5) is 10.3. The zero-order chi connectivity index (χ0) is 19.8. The van der Waals surface area contributed by atoms with Crippen molar-refractivity contribution < 1.29 is 4.39 Å². The summed E-state index contributed by atoms with van der Waals surface area (Å²) in [5, 5.41) is 0.744. The Kier molecular flexibility index (Phi) is 5.02. The van der Waals surface area contributed by atoms with Gasteiger partial charge in [0.15, 0.2) is 0 Å². The van der Waals surface area contributed by atoms with E-state index >= 15 is 0 Å². The molecule has 0 aliphatic carbocycles. The topological polar surface area (TPSA) is 31.9 Å². The van der Waals surface area contributed by atoms with Crippen molar-refractivity contribution >= 4 is 17.3 Å². The predicted molar refractivity (Wildman–Crippen MR) is 119 cm³/mol. The van der Waals surface area contributed by atoms with Gasteiger partial charge in [-0.2, -0.15) is 11.8 Å². The first-order chi connectivity index (χ1) is 14.2. The highest BCUT2D eigenvalue weighted by atomic mass is 32.2. The first kappa shape index (κ1) is 18.6. The third-order valence-electron chi connectivity index (χ3n) is 6.18. The third kappa shape index (κ3) is 3.53. The highest BCUT2D eigenvalue weighted by molar-refractivity contribution is 7.99. The number of halogens is 1. The van der Waals surface area contributed by atoms with Gasteiger partial charge in [-0.3, -0.25) is 9.88 Å². The second-order valence-electron chi connectivity index (χ2n) is 7.83. The van der Waals surface area contributed by atoms with Crippen LogP contribution in [0.3, 0.4) is 0 Å². The van der Waals surface area contributed by atoms with Gasteiger partial charge in [-0.1, -0.05) is 6.08 Å². The van der Waals surface area contributed by atoms with Crippen molar-refractivity contribution in [1.29, 1.82) is 0 Å². The molecule has 1 fully saturated rings. The molecule has 2 unspecified atom stereocenters. The first-order valence-electron chi connectivity index (χ1n) is 10.1. The van der Waals surface area contributed by atoms with Crippen LogP contribution in [0.4, 0.5) is 4.39 Å². The first-order valence-corrected chi connectivity index (χ1v) is 11.4. The number of rotatable bonds is 4.